The third-order valence-electron chi connectivity index (χ3n) is 3.72. The Hall–Kier alpha value is -2.96. The van der Waals surface area contributed by atoms with Crippen LogP contribution in [-0.2, 0) is 6.42 Å². The largest absolute Gasteiger partial charge is 0.383 e. The van der Waals surface area contributed by atoms with E-state index in [-0.39, 0.29) is 23.0 Å². The minimum Gasteiger partial charge on any atom is -0.383 e. The lowest BCUT2D eigenvalue weighted by molar-refractivity contribution is -0.385. The zero-order valence-corrected chi connectivity index (χ0v) is 11.9. The highest BCUT2D eigenvalue weighted by atomic mass is 16.6. The van der Waals surface area contributed by atoms with E-state index >= 15 is 0 Å². The van der Waals surface area contributed by atoms with E-state index in [1.54, 1.807) is 4.90 Å². The third-order valence-corrected chi connectivity index (χ3v) is 3.72. The average molecular weight is 298 g/mol. The van der Waals surface area contributed by atoms with E-state index in [4.69, 9.17) is 5.73 Å². The van der Waals surface area contributed by atoms with Gasteiger partial charge in [-0.05, 0) is 25.0 Å². The molecule has 2 heterocycles. The molecule has 0 saturated carbocycles. The SMILES string of the molecule is Cc1ccc2c(c1)CCN2C(=O)c1cc([N+](=O)[O-])cnc1N. The first-order valence-electron chi connectivity index (χ1n) is 6.78. The number of anilines is 2. The van der Waals surface area contributed by atoms with Crippen LogP contribution in [0.3, 0.4) is 0 Å². The first-order chi connectivity index (χ1) is 10.5. The number of rotatable bonds is 2. The van der Waals surface area contributed by atoms with Crippen molar-refractivity contribution in [2.75, 3.05) is 17.2 Å². The molecule has 2 aromatic rings. The van der Waals surface area contributed by atoms with Crippen LogP contribution in [0.2, 0.25) is 0 Å². The van der Waals surface area contributed by atoms with Crippen molar-refractivity contribution in [2.24, 2.45) is 0 Å². The maximum Gasteiger partial charge on any atom is 0.288 e. The molecule has 112 valence electrons. The van der Waals surface area contributed by atoms with Gasteiger partial charge in [0.2, 0.25) is 0 Å². The van der Waals surface area contributed by atoms with Crippen molar-refractivity contribution in [3.05, 3.63) is 57.3 Å². The molecule has 1 aliphatic heterocycles. The second-order valence-electron chi connectivity index (χ2n) is 5.22. The number of hydrogen-bond donors (Lipinski definition) is 1. The fraction of sp³-hybridized carbons (Fsp3) is 0.200. The van der Waals surface area contributed by atoms with Gasteiger partial charge in [0.05, 0.1) is 10.5 Å². The van der Waals surface area contributed by atoms with E-state index in [2.05, 4.69) is 4.98 Å². The van der Waals surface area contributed by atoms with Crippen LogP contribution < -0.4 is 10.6 Å². The molecule has 7 heteroatoms. The van der Waals surface area contributed by atoms with Gasteiger partial charge in [-0.2, -0.15) is 0 Å². The number of aromatic nitrogens is 1. The Morgan fingerprint density at radius 1 is 1.41 bits per heavy atom. The van der Waals surface area contributed by atoms with Crippen LogP contribution >= 0.6 is 0 Å². The lowest BCUT2D eigenvalue weighted by atomic mass is 10.1. The van der Waals surface area contributed by atoms with Crippen molar-refractivity contribution in [1.29, 1.82) is 0 Å². The van der Waals surface area contributed by atoms with Crippen LogP contribution in [0.15, 0.2) is 30.5 Å². The predicted octanol–water partition coefficient (Wildman–Crippen LogP) is 2.08. The lowest BCUT2D eigenvalue weighted by Crippen LogP contribution is -2.29. The van der Waals surface area contributed by atoms with Gasteiger partial charge < -0.3 is 10.6 Å². The van der Waals surface area contributed by atoms with E-state index in [9.17, 15) is 14.9 Å². The van der Waals surface area contributed by atoms with Gasteiger partial charge in [-0.3, -0.25) is 14.9 Å². The molecule has 7 nitrogen and oxygen atoms in total. The molecule has 22 heavy (non-hydrogen) atoms. The number of amides is 1. The van der Waals surface area contributed by atoms with Crippen LogP contribution in [-0.4, -0.2) is 22.4 Å². The zero-order valence-electron chi connectivity index (χ0n) is 11.9. The summed E-state index contributed by atoms with van der Waals surface area (Å²) in [5.74, 6) is -0.368. The minimum atomic E-state index is -0.593. The summed E-state index contributed by atoms with van der Waals surface area (Å²) in [4.78, 5) is 28.3. The van der Waals surface area contributed by atoms with Gasteiger partial charge in [0.15, 0.2) is 0 Å². The molecule has 0 fully saturated rings. The number of aryl methyl sites for hydroxylation is 1. The highest BCUT2D eigenvalue weighted by molar-refractivity contribution is 6.10. The van der Waals surface area contributed by atoms with Crippen molar-refractivity contribution in [1.82, 2.24) is 4.98 Å². The first kappa shape index (κ1) is 14.0. The third kappa shape index (κ3) is 2.26. The van der Waals surface area contributed by atoms with Crippen molar-refractivity contribution in [3.8, 4) is 0 Å². The van der Waals surface area contributed by atoms with Gasteiger partial charge >= 0.3 is 0 Å². The number of nitro groups is 1. The number of carbonyl (C=O) groups is 1. The second-order valence-corrected chi connectivity index (χ2v) is 5.22. The molecule has 1 aliphatic rings. The Morgan fingerprint density at radius 3 is 2.91 bits per heavy atom. The van der Waals surface area contributed by atoms with E-state index < -0.39 is 4.92 Å². The molecular formula is C15H14N4O3. The molecule has 0 saturated heterocycles. The maximum atomic E-state index is 12.7. The molecular weight excluding hydrogens is 284 g/mol. The normalized spacial score (nSPS) is 13.0. The average Bonchev–Trinajstić information content (AvgIpc) is 2.89. The molecule has 2 N–H and O–H groups in total. The van der Waals surface area contributed by atoms with Crippen LogP contribution in [0, 0.1) is 17.0 Å². The Bertz CT molecular complexity index is 788. The minimum absolute atomic E-state index is 0.00355. The number of benzene rings is 1. The molecule has 0 spiro atoms. The summed E-state index contributed by atoms with van der Waals surface area (Å²) in [5, 5.41) is 10.8. The van der Waals surface area contributed by atoms with Crippen LogP contribution in [0.1, 0.15) is 21.5 Å². The molecule has 1 aromatic heterocycles. The van der Waals surface area contributed by atoms with Crippen molar-refractivity contribution in [3.63, 3.8) is 0 Å². The molecule has 0 atom stereocenters. The number of carbonyl (C=O) groups excluding carboxylic acids is 1. The molecule has 0 unspecified atom stereocenters. The fourth-order valence-electron chi connectivity index (χ4n) is 2.62. The number of nitrogen functional groups attached to an aromatic ring is 1. The lowest BCUT2D eigenvalue weighted by Gasteiger charge is -2.18. The van der Waals surface area contributed by atoms with E-state index in [1.165, 1.54) is 6.07 Å². The number of fused-ring (bicyclic) bond motifs is 1. The predicted molar refractivity (Wildman–Crippen MR) is 81.9 cm³/mol. The fourth-order valence-corrected chi connectivity index (χ4v) is 2.62. The van der Waals surface area contributed by atoms with Gasteiger partial charge in [-0.15, -0.1) is 0 Å². The van der Waals surface area contributed by atoms with Gasteiger partial charge in [0, 0.05) is 18.3 Å². The second kappa shape index (κ2) is 5.10. The van der Waals surface area contributed by atoms with Crippen molar-refractivity contribution >= 4 is 23.1 Å². The molecule has 1 aromatic carbocycles. The van der Waals surface area contributed by atoms with Crippen molar-refractivity contribution < 1.29 is 9.72 Å². The Balaban J connectivity index is 2.00. The molecule has 0 bridgehead atoms. The summed E-state index contributed by atoms with van der Waals surface area (Å²) in [6, 6.07) is 7.03. The van der Waals surface area contributed by atoms with Gasteiger partial charge in [0.25, 0.3) is 11.6 Å². The molecule has 0 aliphatic carbocycles. The number of nitrogens with zero attached hydrogens (tertiary/aromatic N) is 3. The number of hydrogen-bond acceptors (Lipinski definition) is 5. The molecule has 1 amide bonds. The summed E-state index contributed by atoms with van der Waals surface area (Å²) in [5.41, 5.74) is 8.57. The topological polar surface area (TPSA) is 102 Å². The Kier molecular flexibility index (Phi) is 3.25. The maximum absolute atomic E-state index is 12.7. The number of nitrogens with two attached hydrogens (primary N) is 1. The summed E-state index contributed by atoms with van der Waals surface area (Å²) in [7, 11) is 0. The summed E-state index contributed by atoms with van der Waals surface area (Å²) in [6.45, 7) is 2.52. The summed E-state index contributed by atoms with van der Waals surface area (Å²) in [6.07, 6.45) is 1.80. The van der Waals surface area contributed by atoms with Gasteiger partial charge in [-0.1, -0.05) is 17.7 Å². The quantitative estimate of drug-likeness (QED) is 0.675. The zero-order chi connectivity index (χ0) is 15.9. The summed E-state index contributed by atoms with van der Waals surface area (Å²) < 4.78 is 0. The Labute approximate surface area is 126 Å². The summed E-state index contributed by atoms with van der Waals surface area (Å²) >= 11 is 0. The Morgan fingerprint density at radius 2 is 2.18 bits per heavy atom. The van der Waals surface area contributed by atoms with E-state index in [0.29, 0.717) is 6.54 Å². The number of pyridine rings is 1. The van der Waals surface area contributed by atoms with E-state index in [1.807, 2.05) is 25.1 Å². The van der Waals surface area contributed by atoms with Crippen LogP contribution in [0.4, 0.5) is 17.2 Å². The molecule has 3 rings (SSSR count). The van der Waals surface area contributed by atoms with Crippen LogP contribution in [0.25, 0.3) is 0 Å². The smallest absolute Gasteiger partial charge is 0.288 e. The molecule has 0 radical (unpaired) electrons. The standard InChI is InChI=1S/C15H14N4O3/c1-9-2-3-13-10(6-9)4-5-18(13)15(20)12-7-11(19(21)22)8-17-14(12)16/h2-3,6-8H,4-5H2,1H3,(H2,16,17). The highest BCUT2D eigenvalue weighted by Crippen LogP contribution is 2.31. The highest BCUT2D eigenvalue weighted by Gasteiger charge is 2.28. The van der Waals surface area contributed by atoms with Gasteiger partial charge in [-0.25, -0.2) is 4.98 Å². The van der Waals surface area contributed by atoms with Crippen molar-refractivity contribution in [2.45, 2.75) is 13.3 Å². The van der Waals surface area contributed by atoms with Crippen LogP contribution in [0.5, 0.6) is 0 Å². The van der Waals surface area contributed by atoms with E-state index in [0.717, 1.165) is 29.4 Å². The monoisotopic (exact) mass is 298 g/mol. The first-order valence-corrected chi connectivity index (χ1v) is 6.78. The van der Waals surface area contributed by atoms with Gasteiger partial charge in [0.1, 0.15) is 12.0 Å².